The summed E-state index contributed by atoms with van der Waals surface area (Å²) in [4.78, 5) is 21.6. The molecule has 2 N–H and O–H groups in total. The zero-order valence-corrected chi connectivity index (χ0v) is 12.1. The highest BCUT2D eigenvalue weighted by molar-refractivity contribution is 5.78. The number of ether oxygens (including phenoxy) is 1. The van der Waals surface area contributed by atoms with Crippen LogP contribution >= 0.6 is 0 Å². The van der Waals surface area contributed by atoms with Crippen LogP contribution in [0.5, 0.6) is 5.75 Å². The van der Waals surface area contributed by atoms with Gasteiger partial charge in [0.2, 0.25) is 5.91 Å². The highest BCUT2D eigenvalue weighted by Gasteiger charge is 2.20. The average molecular weight is 293 g/mol. The molecule has 1 aliphatic rings. The Morgan fingerprint density at radius 1 is 1.48 bits per heavy atom. The van der Waals surface area contributed by atoms with Gasteiger partial charge in [0, 0.05) is 36.8 Å². The first kappa shape index (κ1) is 15.1. The quantitative estimate of drug-likeness (QED) is 0.618. The number of nitro groups is 1. The molecule has 0 saturated carbocycles. The monoisotopic (exact) mass is 293 g/mol. The number of anilines is 1. The van der Waals surface area contributed by atoms with Crippen LogP contribution in [0.25, 0.3) is 0 Å². The van der Waals surface area contributed by atoms with E-state index in [0.29, 0.717) is 24.4 Å². The molecule has 21 heavy (non-hydrogen) atoms. The normalized spacial score (nSPS) is 17.7. The van der Waals surface area contributed by atoms with E-state index in [-0.39, 0.29) is 23.7 Å². The van der Waals surface area contributed by atoms with E-state index in [1.165, 1.54) is 12.1 Å². The van der Waals surface area contributed by atoms with Gasteiger partial charge in [-0.2, -0.15) is 0 Å². The zero-order chi connectivity index (χ0) is 15.4. The number of nitro benzene ring substituents is 1. The van der Waals surface area contributed by atoms with Crippen molar-refractivity contribution in [3.63, 3.8) is 0 Å². The Bertz CT molecular complexity index is 545. The van der Waals surface area contributed by atoms with Crippen molar-refractivity contribution >= 4 is 17.3 Å². The predicted octanol–water partition coefficient (Wildman–Crippen LogP) is 2.07. The van der Waals surface area contributed by atoms with Gasteiger partial charge < -0.3 is 15.4 Å². The molecule has 1 aromatic rings. The number of nitrogens with zero attached hydrogens (tertiary/aromatic N) is 1. The third-order valence-corrected chi connectivity index (χ3v) is 3.11. The summed E-state index contributed by atoms with van der Waals surface area (Å²) in [6.45, 7) is 4.26. The lowest BCUT2D eigenvalue weighted by atomic mass is 10.2. The summed E-state index contributed by atoms with van der Waals surface area (Å²) >= 11 is 0. The third-order valence-electron chi connectivity index (χ3n) is 3.11. The van der Waals surface area contributed by atoms with Crippen molar-refractivity contribution in [1.82, 2.24) is 5.32 Å². The van der Waals surface area contributed by atoms with Crippen LogP contribution in [0.4, 0.5) is 11.4 Å². The van der Waals surface area contributed by atoms with Crippen molar-refractivity contribution in [2.75, 3.05) is 11.9 Å². The maximum atomic E-state index is 11.1. The standard InChI is InChI=1S/C14H19N3O4/c1-9(2)21-13-6-11(5-12(7-13)17(19)20)15-8-10-3-4-14(18)16-10/h5-7,9-10,15H,3-4,8H2,1-2H3,(H,16,18). The van der Waals surface area contributed by atoms with Crippen LogP contribution in [-0.2, 0) is 4.79 Å². The molecule has 0 aromatic heterocycles. The highest BCUT2D eigenvalue weighted by Crippen LogP contribution is 2.27. The van der Waals surface area contributed by atoms with Crippen LogP contribution in [0.3, 0.4) is 0 Å². The van der Waals surface area contributed by atoms with Crippen molar-refractivity contribution in [3.05, 3.63) is 28.3 Å². The molecule has 1 amide bonds. The van der Waals surface area contributed by atoms with E-state index in [4.69, 9.17) is 4.74 Å². The second kappa shape index (κ2) is 6.43. The minimum atomic E-state index is -0.449. The fraction of sp³-hybridized carbons (Fsp3) is 0.500. The lowest BCUT2D eigenvalue weighted by Gasteiger charge is -2.14. The van der Waals surface area contributed by atoms with Crippen LogP contribution in [0.1, 0.15) is 26.7 Å². The second-order valence-electron chi connectivity index (χ2n) is 5.32. The van der Waals surface area contributed by atoms with Crippen LogP contribution in [-0.4, -0.2) is 29.5 Å². The van der Waals surface area contributed by atoms with Crippen molar-refractivity contribution in [3.8, 4) is 5.75 Å². The Morgan fingerprint density at radius 2 is 2.24 bits per heavy atom. The summed E-state index contributed by atoms with van der Waals surface area (Å²) < 4.78 is 5.52. The highest BCUT2D eigenvalue weighted by atomic mass is 16.6. The van der Waals surface area contributed by atoms with Crippen LogP contribution in [0, 0.1) is 10.1 Å². The summed E-state index contributed by atoms with van der Waals surface area (Å²) in [6, 6.07) is 4.65. The van der Waals surface area contributed by atoms with E-state index in [9.17, 15) is 14.9 Å². The van der Waals surface area contributed by atoms with E-state index < -0.39 is 4.92 Å². The zero-order valence-electron chi connectivity index (χ0n) is 12.1. The lowest BCUT2D eigenvalue weighted by Crippen LogP contribution is -2.31. The Balaban J connectivity index is 2.08. The summed E-state index contributed by atoms with van der Waals surface area (Å²) in [5.41, 5.74) is 0.590. The molecule has 1 heterocycles. The molecule has 0 radical (unpaired) electrons. The Hall–Kier alpha value is -2.31. The topological polar surface area (TPSA) is 93.5 Å². The summed E-state index contributed by atoms with van der Waals surface area (Å²) in [5.74, 6) is 0.502. The largest absolute Gasteiger partial charge is 0.491 e. The maximum Gasteiger partial charge on any atom is 0.275 e. The van der Waals surface area contributed by atoms with Gasteiger partial charge in [0.15, 0.2) is 0 Å². The minimum Gasteiger partial charge on any atom is -0.491 e. The Labute approximate surface area is 122 Å². The molecule has 1 unspecified atom stereocenters. The predicted molar refractivity (Wildman–Crippen MR) is 78.5 cm³/mol. The van der Waals surface area contributed by atoms with Crippen molar-refractivity contribution < 1.29 is 14.5 Å². The molecule has 1 aliphatic heterocycles. The summed E-state index contributed by atoms with van der Waals surface area (Å²) in [7, 11) is 0. The number of nitrogens with one attached hydrogen (secondary N) is 2. The molecule has 2 rings (SSSR count). The molecule has 7 nitrogen and oxygen atoms in total. The van der Waals surface area contributed by atoms with Gasteiger partial charge >= 0.3 is 0 Å². The van der Waals surface area contributed by atoms with Gasteiger partial charge in [-0.15, -0.1) is 0 Å². The van der Waals surface area contributed by atoms with Crippen LogP contribution in [0.2, 0.25) is 0 Å². The van der Waals surface area contributed by atoms with Crippen LogP contribution in [0.15, 0.2) is 18.2 Å². The van der Waals surface area contributed by atoms with Gasteiger partial charge in [-0.3, -0.25) is 14.9 Å². The molecular weight excluding hydrogens is 274 g/mol. The number of hydrogen-bond donors (Lipinski definition) is 2. The van der Waals surface area contributed by atoms with Gasteiger partial charge in [-0.1, -0.05) is 0 Å². The Morgan fingerprint density at radius 3 is 2.81 bits per heavy atom. The van der Waals surface area contributed by atoms with Gasteiger partial charge in [-0.05, 0) is 20.3 Å². The molecule has 1 aromatic carbocycles. The molecule has 0 bridgehead atoms. The number of carbonyl (C=O) groups excluding carboxylic acids is 1. The number of benzene rings is 1. The van der Waals surface area contributed by atoms with Crippen molar-refractivity contribution in [2.45, 2.75) is 38.8 Å². The smallest absolute Gasteiger partial charge is 0.275 e. The molecule has 114 valence electrons. The third kappa shape index (κ3) is 4.34. The minimum absolute atomic E-state index is 0.0221. The summed E-state index contributed by atoms with van der Waals surface area (Å²) in [5, 5.41) is 16.9. The first-order valence-electron chi connectivity index (χ1n) is 6.93. The number of rotatable bonds is 6. The Kier molecular flexibility index (Phi) is 4.62. The van der Waals surface area contributed by atoms with E-state index in [1.54, 1.807) is 6.07 Å². The van der Waals surface area contributed by atoms with E-state index in [2.05, 4.69) is 10.6 Å². The average Bonchev–Trinajstić information content (AvgIpc) is 2.81. The first-order valence-corrected chi connectivity index (χ1v) is 6.93. The van der Waals surface area contributed by atoms with Gasteiger partial charge in [0.05, 0.1) is 17.1 Å². The molecule has 7 heteroatoms. The van der Waals surface area contributed by atoms with Gasteiger partial charge in [-0.25, -0.2) is 0 Å². The van der Waals surface area contributed by atoms with Crippen LogP contribution < -0.4 is 15.4 Å². The second-order valence-corrected chi connectivity index (χ2v) is 5.32. The van der Waals surface area contributed by atoms with Crippen molar-refractivity contribution in [2.24, 2.45) is 0 Å². The van der Waals surface area contributed by atoms with Gasteiger partial charge in [0.25, 0.3) is 5.69 Å². The molecule has 1 saturated heterocycles. The number of carbonyl (C=O) groups is 1. The number of non-ortho nitro benzene ring substituents is 1. The molecule has 1 atom stereocenters. The fourth-order valence-corrected chi connectivity index (χ4v) is 2.20. The summed E-state index contributed by atoms with van der Waals surface area (Å²) in [6.07, 6.45) is 1.24. The lowest BCUT2D eigenvalue weighted by molar-refractivity contribution is -0.384. The SMILES string of the molecule is CC(C)Oc1cc(NCC2CCC(=O)N2)cc([N+](=O)[O-])c1. The molecular formula is C14H19N3O4. The van der Waals surface area contributed by atoms with E-state index in [1.807, 2.05) is 13.8 Å². The van der Waals surface area contributed by atoms with E-state index >= 15 is 0 Å². The van der Waals surface area contributed by atoms with Gasteiger partial charge in [0.1, 0.15) is 5.75 Å². The maximum absolute atomic E-state index is 11.1. The van der Waals surface area contributed by atoms with E-state index in [0.717, 1.165) is 6.42 Å². The first-order chi connectivity index (χ1) is 9.94. The fourth-order valence-electron chi connectivity index (χ4n) is 2.20. The van der Waals surface area contributed by atoms with Crippen molar-refractivity contribution in [1.29, 1.82) is 0 Å². The molecule has 0 aliphatic carbocycles. The number of hydrogen-bond acceptors (Lipinski definition) is 5. The molecule has 0 spiro atoms. The molecule has 1 fully saturated rings. The number of amides is 1.